The standard InChI is InChI=1S/C10H13N5O7S/c11-1-6-9-5(2-13(12-9)4-8(16)17)7-3-14(6)10(18)15(7)22-23(19,20)21/h2,6-7H,1,3-4,11H2,(H,16,17)(H,19,20,21)/t6?,7-/m1/s1. The smallest absolute Gasteiger partial charge is 0.418 e. The van der Waals surface area contributed by atoms with Gasteiger partial charge in [-0.2, -0.15) is 18.6 Å². The molecule has 1 aromatic heterocycles. The number of carboxylic acids is 1. The lowest BCUT2D eigenvalue weighted by Gasteiger charge is -2.28. The zero-order valence-electron chi connectivity index (χ0n) is 11.6. The highest BCUT2D eigenvalue weighted by Crippen LogP contribution is 2.43. The number of hydrogen-bond acceptors (Lipinski definition) is 7. The second-order valence-electron chi connectivity index (χ2n) is 5.09. The van der Waals surface area contributed by atoms with Crippen molar-refractivity contribution in [3.8, 4) is 0 Å². The third-order valence-corrected chi connectivity index (χ3v) is 4.00. The molecule has 1 unspecified atom stereocenters. The van der Waals surface area contributed by atoms with Crippen molar-refractivity contribution in [1.82, 2.24) is 19.7 Å². The maximum absolute atomic E-state index is 12.2. The molecule has 2 bridgehead atoms. The Morgan fingerprint density at radius 1 is 1.52 bits per heavy atom. The van der Waals surface area contributed by atoms with Gasteiger partial charge in [0, 0.05) is 18.3 Å². The van der Waals surface area contributed by atoms with Crippen LogP contribution in [0.15, 0.2) is 6.20 Å². The Balaban J connectivity index is 2.03. The van der Waals surface area contributed by atoms with Crippen LogP contribution in [0, 0.1) is 0 Å². The van der Waals surface area contributed by atoms with Crippen LogP contribution in [0.25, 0.3) is 0 Å². The van der Waals surface area contributed by atoms with Crippen molar-refractivity contribution in [2.45, 2.75) is 18.6 Å². The van der Waals surface area contributed by atoms with Gasteiger partial charge in [0.05, 0.1) is 18.3 Å². The van der Waals surface area contributed by atoms with E-state index >= 15 is 0 Å². The molecule has 3 rings (SSSR count). The fraction of sp³-hybridized carbons (Fsp3) is 0.500. The Kier molecular flexibility index (Phi) is 3.51. The quantitative estimate of drug-likeness (QED) is 0.536. The molecule has 2 atom stereocenters. The second kappa shape index (κ2) is 5.16. The van der Waals surface area contributed by atoms with E-state index < -0.39 is 41.0 Å². The van der Waals surface area contributed by atoms with Crippen LogP contribution in [0.1, 0.15) is 23.3 Å². The van der Waals surface area contributed by atoms with Crippen molar-refractivity contribution in [1.29, 1.82) is 0 Å². The number of amides is 2. The van der Waals surface area contributed by atoms with E-state index in [2.05, 4.69) is 9.38 Å². The number of nitrogens with two attached hydrogens (primary N) is 1. The van der Waals surface area contributed by atoms with Crippen molar-refractivity contribution in [2.24, 2.45) is 5.73 Å². The van der Waals surface area contributed by atoms with Crippen molar-refractivity contribution in [3.05, 3.63) is 17.5 Å². The molecule has 126 valence electrons. The Bertz CT molecular complexity index is 775. The fourth-order valence-electron chi connectivity index (χ4n) is 2.84. The van der Waals surface area contributed by atoms with E-state index in [4.69, 9.17) is 15.4 Å². The third-order valence-electron chi connectivity index (χ3n) is 3.65. The number of nitrogens with zero attached hydrogens (tertiary/aromatic N) is 4. The highest BCUT2D eigenvalue weighted by Gasteiger charge is 2.51. The number of carbonyl (C=O) groups excluding carboxylic acids is 1. The van der Waals surface area contributed by atoms with Crippen molar-refractivity contribution >= 4 is 22.4 Å². The Morgan fingerprint density at radius 2 is 2.22 bits per heavy atom. The normalized spacial score (nSPS) is 23.3. The van der Waals surface area contributed by atoms with Crippen molar-refractivity contribution < 1.29 is 31.9 Å². The van der Waals surface area contributed by atoms with Gasteiger partial charge >= 0.3 is 22.4 Å². The first-order valence-electron chi connectivity index (χ1n) is 6.47. The summed E-state index contributed by atoms with van der Waals surface area (Å²) in [5.74, 6) is -1.11. The van der Waals surface area contributed by atoms with Crippen LogP contribution >= 0.6 is 0 Å². The molecular weight excluding hydrogens is 334 g/mol. The fourth-order valence-corrected chi connectivity index (χ4v) is 3.21. The molecule has 3 heterocycles. The molecule has 2 amide bonds. The molecule has 23 heavy (non-hydrogen) atoms. The van der Waals surface area contributed by atoms with Crippen LogP contribution in [0.3, 0.4) is 0 Å². The van der Waals surface area contributed by atoms with Crippen molar-refractivity contribution in [3.63, 3.8) is 0 Å². The van der Waals surface area contributed by atoms with Crippen LogP contribution < -0.4 is 5.73 Å². The molecule has 4 N–H and O–H groups in total. The summed E-state index contributed by atoms with van der Waals surface area (Å²) in [6.45, 7) is -0.304. The molecule has 12 nitrogen and oxygen atoms in total. The number of hydrogen-bond donors (Lipinski definition) is 3. The first kappa shape index (κ1) is 15.7. The zero-order valence-corrected chi connectivity index (χ0v) is 12.4. The predicted octanol–water partition coefficient (Wildman–Crippen LogP) is -1.51. The van der Waals surface area contributed by atoms with Gasteiger partial charge in [0.25, 0.3) is 0 Å². The van der Waals surface area contributed by atoms with E-state index in [1.807, 2.05) is 0 Å². The minimum atomic E-state index is -4.89. The first-order valence-corrected chi connectivity index (χ1v) is 7.83. The maximum atomic E-state index is 12.2. The van der Waals surface area contributed by atoms with Gasteiger partial charge in [-0.25, -0.2) is 4.79 Å². The average molecular weight is 347 g/mol. The van der Waals surface area contributed by atoms with Gasteiger partial charge in [-0.05, 0) is 0 Å². The molecule has 2 aliphatic heterocycles. The molecule has 0 saturated carbocycles. The zero-order chi connectivity index (χ0) is 16.9. The molecule has 0 spiro atoms. The summed E-state index contributed by atoms with van der Waals surface area (Å²) in [5.41, 5.74) is 6.46. The van der Waals surface area contributed by atoms with E-state index in [0.717, 1.165) is 4.68 Å². The lowest BCUT2D eigenvalue weighted by atomic mass is 9.98. The summed E-state index contributed by atoms with van der Waals surface area (Å²) >= 11 is 0. The number of aliphatic carboxylic acids is 1. The van der Waals surface area contributed by atoms with Gasteiger partial charge in [-0.1, -0.05) is 0 Å². The van der Waals surface area contributed by atoms with E-state index in [9.17, 15) is 18.0 Å². The molecular formula is C10H13N5O7S. The molecule has 1 fully saturated rings. The van der Waals surface area contributed by atoms with E-state index in [1.165, 1.54) is 11.1 Å². The van der Waals surface area contributed by atoms with E-state index in [1.54, 1.807) is 0 Å². The average Bonchev–Trinajstić information content (AvgIpc) is 2.93. The summed E-state index contributed by atoms with van der Waals surface area (Å²) in [4.78, 5) is 24.3. The van der Waals surface area contributed by atoms with Gasteiger partial charge < -0.3 is 15.7 Å². The topological polar surface area (TPSA) is 168 Å². The summed E-state index contributed by atoms with van der Waals surface area (Å²) in [7, 11) is -4.89. The van der Waals surface area contributed by atoms with E-state index in [-0.39, 0.29) is 13.1 Å². The Morgan fingerprint density at radius 3 is 2.78 bits per heavy atom. The molecule has 1 saturated heterocycles. The lowest BCUT2D eigenvalue weighted by Crippen LogP contribution is -2.38. The monoisotopic (exact) mass is 347 g/mol. The minimum absolute atomic E-state index is 0.00919. The number of carboxylic acid groups (broad SMARTS) is 1. The molecule has 1 aromatic rings. The molecule has 13 heteroatoms. The minimum Gasteiger partial charge on any atom is -0.480 e. The Hall–Kier alpha value is -2.22. The number of aromatic nitrogens is 2. The number of urea groups is 1. The van der Waals surface area contributed by atoms with Crippen LogP contribution in [0.2, 0.25) is 0 Å². The predicted molar refractivity (Wildman–Crippen MR) is 71.0 cm³/mol. The van der Waals surface area contributed by atoms with Gasteiger partial charge in [-0.3, -0.25) is 14.0 Å². The number of rotatable bonds is 5. The molecule has 0 radical (unpaired) electrons. The van der Waals surface area contributed by atoms with Crippen LogP contribution in [-0.4, -0.2) is 62.9 Å². The lowest BCUT2D eigenvalue weighted by molar-refractivity contribution is -0.137. The summed E-state index contributed by atoms with van der Waals surface area (Å²) < 4.78 is 36.2. The summed E-state index contributed by atoms with van der Waals surface area (Å²) in [6.07, 6.45) is 1.40. The van der Waals surface area contributed by atoms with Gasteiger partial charge in [0.1, 0.15) is 12.6 Å². The molecule has 0 aromatic carbocycles. The van der Waals surface area contributed by atoms with Gasteiger partial charge in [0.15, 0.2) is 0 Å². The highest BCUT2D eigenvalue weighted by atomic mass is 32.3. The summed E-state index contributed by atoms with van der Waals surface area (Å²) in [5, 5.41) is 13.5. The van der Waals surface area contributed by atoms with Crippen LogP contribution in [0.5, 0.6) is 0 Å². The largest absolute Gasteiger partial charge is 0.480 e. The second-order valence-corrected chi connectivity index (χ2v) is 6.10. The maximum Gasteiger partial charge on any atom is 0.418 e. The first-order chi connectivity index (χ1) is 10.7. The number of fused-ring (bicyclic) bond motifs is 4. The third kappa shape index (κ3) is 2.63. The summed E-state index contributed by atoms with van der Waals surface area (Å²) in [6, 6.07) is -2.26. The number of carbonyl (C=O) groups is 2. The highest BCUT2D eigenvalue weighted by molar-refractivity contribution is 7.80. The Labute approximate surface area is 129 Å². The van der Waals surface area contributed by atoms with Crippen molar-refractivity contribution in [2.75, 3.05) is 13.1 Å². The SMILES string of the molecule is NCC1c2nn(CC(=O)O)cc2[C@H]2CN1C(=O)N2OS(=O)(=O)O. The number of hydroxylamine groups is 2. The van der Waals surface area contributed by atoms with Gasteiger partial charge in [0.2, 0.25) is 0 Å². The molecule has 0 aliphatic carbocycles. The van der Waals surface area contributed by atoms with E-state index in [0.29, 0.717) is 16.3 Å². The van der Waals surface area contributed by atoms with Gasteiger partial charge in [-0.15, -0.1) is 4.28 Å². The van der Waals surface area contributed by atoms with Crippen LogP contribution in [0.4, 0.5) is 4.79 Å². The molecule has 2 aliphatic rings. The van der Waals surface area contributed by atoms with Crippen LogP contribution in [-0.2, 0) is 26.0 Å².